The van der Waals surface area contributed by atoms with Crippen molar-refractivity contribution >= 4 is 0 Å². The monoisotopic (exact) mass is 241 g/mol. The summed E-state index contributed by atoms with van der Waals surface area (Å²) in [5.41, 5.74) is 0.385. The zero-order valence-electron chi connectivity index (χ0n) is 11.7. The maximum absolute atomic E-state index is 9.83. The Morgan fingerprint density at radius 1 is 1.28 bits per heavy atom. The molecule has 18 heavy (non-hydrogen) atoms. The van der Waals surface area contributed by atoms with Crippen LogP contribution >= 0.6 is 0 Å². The van der Waals surface area contributed by atoms with Gasteiger partial charge in [-0.3, -0.25) is 0 Å². The van der Waals surface area contributed by atoms with Gasteiger partial charge in [0.15, 0.2) is 0 Å². The summed E-state index contributed by atoms with van der Waals surface area (Å²) in [4.78, 5) is 0. The molecule has 0 saturated carbocycles. The van der Waals surface area contributed by atoms with Crippen LogP contribution in [0.4, 0.5) is 0 Å². The fraction of sp³-hybridized carbons (Fsp3) is 0.471. The topological polar surface area (TPSA) is 23.8 Å². The van der Waals surface area contributed by atoms with E-state index >= 15 is 0 Å². The molecule has 0 amide bonds. The lowest BCUT2D eigenvalue weighted by Gasteiger charge is -2.40. The van der Waals surface area contributed by atoms with Crippen molar-refractivity contribution in [3.63, 3.8) is 0 Å². The minimum absolute atomic E-state index is 0.238. The maximum atomic E-state index is 9.83. The minimum Gasteiger partial charge on any atom is -0.197 e. The summed E-state index contributed by atoms with van der Waals surface area (Å²) in [5.74, 6) is 0. The first-order chi connectivity index (χ1) is 8.54. The molecule has 1 heteroatoms. The summed E-state index contributed by atoms with van der Waals surface area (Å²) < 4.78 is 0. The number of allylic oxidation sites excluding steroid dienone is 1. The second-order valence-electron chi connectivity index (χ2n) is 5.41. The fourth-order valence-corrected chi connectivity index (χ4v) is 2.44. The SMILES string of the molecule is C=CC(C)(C)C(C#N)(CCCC)c1ccccc1. The minimum atomic E-state index is -0.480. The van der Waals surface area contributed by atoms with Gasteiger partial charge >= 0.3 is 0 Å². The maximum Gasteiger partial charge on any atom is 0.0907 e. The van der Waals surface area contributed by atoms with E-state index < -0.39 is 5.41 Å². The molecule has 1 aromatic carbocycles. The summed E-state index contributed by atoms with van der Waals surface area (Å²) in [6.45, 7) is 10.3. The smallest absolute Gasteiger partial charge is 0.0907 e. The molecule has 0 aliphatic rings. The summed E-state index contributed by atoms with van der Waals surface area (Å²) in [6.07, 6.45) is 4.95. The predicted molar refractivity (Wildman–Crippen MR) is 77.2 cm³/mol. The van der Waals surface area contributed by atoms with E-state index in [4.69, 9.17) is 0 Å². The van der Waals surface area contributed by atoms with Gasteiger partial charge in [-0.2, -0.15) is 5.26 Å². The van der Waals surface area contributed by atoms with Gasteiger partial charge in [0, 0.05) is 5.41 Å². The molecule has 0 aliphatic heterocycles. The van der Waals surface area contributed by atoms with E-state index in [1.54, 1.807) is 0 Å². The van der Waals surface area contributed by atoms with Gasteiger partial charge < -0.3 is 0 Å². The van der Waals surface area contributed by atoms with Crippen molar-refractivity contribution in [1.29, 1.82) is 5.26 Å². The zero-order valence-corrected chi connectivity index (χ0v) is 11.7. The molecule has 0 spiro atoms. The lowest BCUT2D eigenvalue weighted by molar-refractivity contribution is 0.265. The van der Waals surface area contributed by atoms with Gasteiger partial charge in [0.1, 0.15) is 0 Å². The van der Waals surface area contributed by atoms with Crippen LogP contribution in [0.25, 0.3) is 0 Å². The number of rotatable bonds is 6. The van der Waals surface area contributed by atoms with Gasteiger partial charge in [-0.15, -0.1) is 6.58 Å². The second-order valence-corrected chi connectivity index (χ2v) is 5.41. The van der Waals surface area contributed by atoms with Gasteiger partial charge in [-0.1, -0.05) is 70.0 Å². The summed E-state index contributed by atoms with van der Waals surface area (Å²) >= 11 is 0. The molecule has 1 nitrogen and oxygen atoms in total. The highest BCUT2D eigenvalue weighted by Gasteiger charge is 2.44. The molecule has 0 aromatic heterocycles. The Hall–Kier alpha value is -1.55. The molecule has 0 heterocycles. The van der Waals surface area contributed by atoms with Crippen LogP contribution in [0.1, 0.15) is 45.6 Å². The Labute approximate surface area is 111 Å². The van der Waals surface area contributed by atoms with Gasteiger partial charge in [0.05, 0.1) is 11.5 Å². The van der Waals surface area contributed by atoms with E-state index in [-0.39, 0.29) is 5.41 Å². The first-order valence-electron chi connectivity index (χ1n) is 6.64. The quantitative estimate of drug-likeness (QED) is 0.653. The average Bonchev–Trinajstić information content (AvgIpc) is 2.41. The van der Waals surface area contributed by atoms with E-state index in [2.05, 4.69) is 45.6 Å². The third kappa shape index (κ3) is 2.48. The van der Waals surface area contributed by atoms with Gasteiger partial charge in [0.2, 0.25) is 0 Å². The average molecular weight is 241 g/mol. The molecule has 1 aromatic rings. The van der Waals surface area contributed by atoms with Gasteiger partial charge in [-0.05, 0) is 12.0 Å². The van der Waals surface area contributed by atoms with E-state index in [1.165, 1.54) is 0 Å². The molecule has 1 atom stereocenters. The van der Waals surface area contributed by atoms with E-state index in [9.17, 15) is 5.26 Å². The van der Waals surface area contributed by atoms with Gasteiger partial charge in [0.25, 0.3) is 0 Å². The van der Waals surface area contributed by atoms with Crippen LogP contribution in [0.2, 0.25) is 0 Å². The van der Waals surface area contributed by atoms with Crippen molar-refractivity contribution in [1.82, 2.24) is 0 Å². The molecule has 0 saturated heterocycles. The Balaban J connectivity index is 3.33. The number of unbranched alkanes of at least 4 members (excludes halogenated alkanes) is 1. The second kappa shape index (κ2) is 5.87. The molecule has 96 valence electrons. The molecule has 0 bridgehead atoms. The van der Waals surface area contributed by atoms with Crippen LogP contribution in [-0.4, -0.2) is 0 Å². The van der Waals surface area contributed by atoms with Gasteiger partial charge in [-0.25, -0.2) is 0 Å². The standard InChI is InChI=1S/C17H23N/c1-5-7-13-17(14-18,16(3,4)6-2)15-11-9-8-10-12-15/h6,8-12H,2,5,7,13H2,1,3-4H3. The molecule has 0 radical (unpaired) electrons. The number of nitriles is 1. The Bertz CT molecular complexity index is 425. The van der Waals surface area contributed by atoms with Crippen LogP contribution in [0, 0.1) is 16.7 Å². The van der Waals surface area contributed by atoms with Crippen molar-refractivity contribution in [2.45, 2.75) is 45.4 Å². The summed E-state index contributed by atoms with van der Waals surface area (Å²) in [5, 5.41) is 9.83. The molecular formula is C17H23N. The normalized spacial score (nSPS) is 14.6. The van der Waals surface area contributed by atoms with Crippen LogP contribution in [0.5, 0.6) is 0 Å². The Kier molecular flexibility index (Phi) is 4.73. The van der Waals surface area contributed by atoms with Crippen LogP contribution in [-0.2, 0) is 5.41 Å². The molecule has 1 rings (SSSR count). The van der Waals surface area contributed by atoms with E-state index in [0.717, 1.165) is 24.8 Å². The van der Waals surface area contributed by atoms with Crippen molar-refractivity contribution in [3.05, 3.63) is 48.6 Å². The molecule has 0 fully saturated rings. The van der Waals surface area contributed by atoms with E-state index in [0.29, 0.717) is 0 Å². The number of benzene rings is 1. The summed E-state index contributed by atoms with van der Waals surface area (Å²) in [7, 11) is 0. The zero-order chi connectivity index (χ0) is 13.6. The lowest BCUT2D eigenvalue weighted by Crippen LogP contribution is -2.39. The third-order valence-electron chi connectivity index (χ3n) is 3.97. The number of hydrogen-bond acceptors (Lipinski definition) is 1. The van der Waals surface area contributed by atoms with Crippen LogP contribution < -0.4 is 0 Å². The van der Waals surface area contributed by atoms with Crippen molar-refractivity contribution in [2.75, 3.05) is 0 Å². The highest BCUT2D eigenvalue weighted by atomic mass is 14.5. The predicted octanol–water partition coefficient (Wildman–Crippen LogP) is 4.85. The first kappa shape index (κ1) is 14.5. The Morgan fingerprint density at radius 2 is 1.89 bits per heavy atom. The lowest BCUT2D eigenvalue weighted by atomic mass is 9.60. The number of nitrogens with zero attached hydrogens (tertiary/aromatic N) is 1. The molecular weight excluding hydrogens is 218 g/mol. The van der Waals surface area contributed by atoms with Crippen molar-refractivity contribution in [2.24, 2.45) is 5.41 Å². The number of hydrogen-bond donors (Lipinski definition) is 0. The third-order valence-corrected chi connectivity index (χ3v) is 3.97. The molecule has 1 unspecified atom stereocenters. The van der Waals surface area contributed by atoms with Crippen molar-refractivity contribution < 1.29 is 0 Å². The highest BCUT2D eigenvalue weighted by molar-refractivity contribution is 5.37. The van der Waals surface area contributed by atoms with Crippen molar-refractivity contribution in [3.8, 4) is 6.07 Å². The largest absolute Gasteiger partial charge is 0.197 e. The molecule has 0 aliphatic carbocycles. The van der Waals surface area contributed by atoms with Crippen LogP contribution in [0.3, 0.4) is 0 Å². The summed E-state index contributed by atoms with van der Waals surface area (Å²) in [6, 6.07) is 12.7. The first-order valence-corrected chi connectivity index (χ1v) is 6.64. The van der Waals surface area contributed by atoms with Crippen LogP contribution in [0.15, 0.2) is 43.0 Å². The fourth-order valence-electron chi connectivity index (χ4n) is 2.44. The Morgan fingerprint density at radius 3 is 2.33 bits per heavy atom. The molecule has 0 N–H and O–H groups in total. The highest BCUT2D eigenvalue weighted by Crippen LogP contribution is 2.45. The van der Waals surface area contributed by atoms with E-state index in [1.807, 2.05) is 24.3 Å².